The van der Waals surface area contributed by atoms with Crippen molar-refractivity contribution in [3.8, 4) is 5.75 Å². The van der Waals surface area contributed by atoms with Crippen LogP contribution in [0.2, 0.25) is 0 Å². The Bertz CT molecular complexity index is 858. The highest BCUT2D eigenvalue weighted by molar-refractivity contribution is 14.1. The van der Waals surface area contributed by atoms with Crippen LogP contribution in [-0.4, -0.2) is 23.4 Å². The molecule has 1 N–H and O–H groups in total. The van der Waals surface area contributed by atoms with E-state index in [1.807, 2.05) is 48.5 Å². The number of ether oxygens (including phenoxy) is 1. The summed E-state index contributed by atoms with van der Waals surface area (Å²) in [6.45, 7) is 4.22. The van der Waals surface area contributed by atoms with Gasteiger partial charge >= 0.3 is 6.03 Å². The predicted octanol–water partition coefficient (Wildman–Crippen LogP) is 3.95. The van der Waals surface area contributed by atoms with Crippen LogP contribution in [0.3, 0.4) is 0 Å². The number of carbonyl (C=O) groups excluding carboxylic acids is 2. The molecular formula is C20H17IN2O3. The number of carbonyl (C=O) groups is 2. The molecule has 3 rings (SSSR count). The molecule has 0 atom stereocenters. The zero-order chi connectivity index (χ0) is 18.5. The molecule has 1 fully saturated rings. The van der Waals surface area contributed by atoms with Crippen LogP contribution in [0.15, 0.2) is 66.9 Å². The molecule has 5 nitrogen and oxygen atoms in total. The molecule has 26 heavy (non-hydrogen) atoms. The smallest absolute Gasteiger partial charge is 0.329 e. The third-order valence-corrected chi connectivity index (χ3v) is 4.50. The number of halogens is 1. The summed E-state index contributed by atoms with van der Waals surface area (Å²) in [5, 5.41) is 2.57. The van der Waals surface area contributed by atoms with Crippen molar-refractivity contribution in [1.29, 1.82) is 0 Å². The molecule has 3 amide bonds. The minimum Gasteiger partial charge on any atom is -0.489 e. The van der Waals surface area contributed by atoms with Crippen molar-refractivity contribution >= 4 is 40.6 Å². The number of hydrogen-bond donors (Lipinski definition) is 1. The van der Waals surface area contributed by atoms with Gasteiger partial charge in [0.2, 0.25) is 0 Å². The summed E-state index contributed by atoms with van der Waals surface area (Å²) in [5.41, 5.74) is 2.15. The molecular weight excluding hydrogens is 443 g/mol. The molecule has 1 heterocycles. The Morgan fingerprint density at radius 3 is 2.42 bits per heavy atom. The zero-order valence-corrected chi connectivity index (χ0v) is 16.1. The maximum Gasteiger partial charge on any atom is 0.329 e. The van der Waals surface area contributed by atoms with E-state index in [1.54, 1.807) is 6.08 Å². The largest absolute Gasteiger partial charge is 0.489 e. The fourth-order valence-electron chi connectivity index (χ4n) is 2.44. The average Bonchev–Trinajstić information content (AvgIpc) is 2.90. The first-order chi connectivity index (χ1) is 12.6. The zero-order valence-electron chi connectivity index (χ0n) is 13.9. The molecule has 0 saturated carbocycles. The Balaban J connectivity index is 1.64. The van der Waals surface area contributed by atoms with Gasteiger partial charge in [0.25, 0.3) is 5.91 Å². The van der Waals surface area contributed by atoms with Crippen molar-refractivity contribution in [2.75, 3.05) is 6.54 Å². The summed E-state index contributed by atoms with van der Waals surface area (Å²) in [4.78, 5) is 25.0. The third kappa shape index (κ3) is 4.32. The van der Waals surface area contributed by atoms with Gasteiger partial charge < -0.3 is 10.1 Å². The summed E-state index contributed by atoms with van der Waals surface area (Å²) in [6, 6.07) is 15.1. The number of amides is 3. The monoisotopic (exact) mass is 460 g/mol. The summed E-state index contributed by atoms with van der Waals surface area (Å²) < 4.78 is 6.95. The standard InChI is InChI=1S/C20H17IN2O3/c1-2-11-23-19(24)18(22-20(23)25)12-14-5-9-17(10-6-14)26-13-15-3-7-16(21)8-4-15/h2-10,12H,1,11,13H2,(H,22,25)/b18-12+. The second-order valence-electron chi connectivity index (χ2n) is 5.68. The maximum atomic E-state index is 12.2. The van der Waals surface area contributed by atoms with Crippen LogP contribution in [0, 0.1) is 3.57 Å². The van der Waals surface area contributed by atoms with Crippen LogP contribution in [0.4, 0.5) is 4.79 Å². The maximum absolute atomic E-state index is 12.2. The van der Waals surface area contributed by atoms with Gasteiger partial charge in [-0.2, -0.15) is 0 Å². The highest BCUT2D eigenvalue weighted by Gasteiger charge is 2.32. The fraction of sp³-hybridized carbons (Fsp3) is 0.100. The number of nitrogens with one attached hydrogen (secondary N) is 1. The highest BCUT2D eigenvalue weighted by atomic mass is 127. The predicted molar refractivity (Wildman–Crippen MR) is 108 cm³/mol. The number of imide groups is 1. The molecule has 1 saturated heterocycles. The Hall–Kier alpha value is -2.61. The van der Waals surface area contributed by atoms with E-state index < -0.39 is 6.03 Å². The van der Waals surface area contributed by atoms with E-state index in [4.69, 9.17) is 4.74 Å². The van der Waals surface area contributed by atoms with E-state index >= 15 is 0 Å². The molecule has 132 valence electrons. The van der Waals surface area contributed by atoms with Gasteiger partial charge in [-0.1, -0.05) is 30.3 Å². The van der Waals surface area contributed by atoms with Gasteiger partial charge in [-0.15, -0.1) is 6.58 Å². The Kier molecular flexibility index (Phi) is 5.72. The van der Waals surface area contributed by atoms with Crippen LogP contribution >= 0.6 is 22.6 Å². The second-order valence-corrected chi connectivity index (χ2v) is 6.92. The molecule has 0 bridgehead atoms. The third-order valence-electron chi connectivity index (χ3n) is 3.78. The van der Waals surface area contributed by atoms with Gasteiger partial charge in [0, 0.05) is 10.1 Å². The number of urea groups is 1. The Morgan fingerprint density at radius 2 is 1.77 bits per heavy atom. The van der Waals surface area contributed by atoms with Crippen molar-refractivity contribution in [2.24, 2.45) is 0 Å². The number of hydrogen-bond acceptors (Lipinski definition) is 3. The first-order valence-corrected chi connectivity index (χ1v) is 9.07. The van der Waals surface area contributed by atoms with E-state index in [-0.39, 0.29) is 18.1 Å². The summed E-state index contributed by atoms with van der Waals surface area (Å²) in [5.74, 6) is 0.384. The van der Waals surface area contributed by atoms with Gasteiger partial charge in [-0.05, 0) is 64.1 Å². The van der Waals surface area contributed by atoms with Crippen molar-refractivity contribution in [3.63, 3.8) is 0 Å². The lowest BCUT2D eigenvalue weighted by Crippen LogP contribution is -2.30. The average molecular weight is 460 g/mol. The fourth-order valence-corrected chi connectivity index (χ4v) is 2.80. The van der Waals surface area contributed by atoms with Crippen LogP contribution < -0.4 is 10.1 Å². The van der Waals surface area contributed by atoms with E-state index in [0.29, 0.717) is 6.61 Å². The van der Waals surface area contributed by atoms with Crippen LogP contribution in [0.25, 0.3) is 6.08 Å². The second kappa shape index (κ2) is 8.18. The van der Waals surface area contributed by atoms with Crippen LogP contribution in [-0.2, 0) is 11.4 Å². The molecule has 1 aliphatic rings. The molecule has 2 aromatic carbocycles. The first kappa shape index (κ1) is 18.2. The van der Waals surface area contributed by atoms with E-state index in [0.717, 1.165) is 21.8 Å². The van der Waals surface area contributed by atoms with Gasteiger partial charge in [0.1, 0.15) is 18.1 Å². The van der Waals surface area contributed by atoms with Crippen molar-refractivity contribution in [1.82, 2.24) is 10.2 Å². The van der Waals surface area contributed by atoms with Gasteiger partial charge in [0.15, 0.2) is 0 Å². The van der Waals surface area contributed by atoms with Crippen molar-refractivity contribution in [3.05, 3.63) is 81.6 Å². The lowest BCUT2D eigenvalue weighted by atomic mass is 10.2. The molecule has 0 spiro atoms. The number of benzene rings is 2. The summed E-state index contributed by atoms with van der Waals surface area (Å²) in [7, 11) is 0. The minimum absolute atomic E-state index is 0.188. The summed E-state index contributed by atoms with van der Waals surface area (Å²) in [6.07, 6.45) is 3.16. The first-order valence-electron chi connectivity index (χ1n) is 7.99. The van der Waals surface area contributed by atoms with Crippen molar-refractivity contribution in [2.45, 2.75) is 6.61 Å². The molecule has 0 radical (unpaired) electrons. The van der Waals surface area contributed by atoms with E-state index in [9.17, 15) is 9.59 Å². The topological polar surface area (TPSA) is 58.6 Å². The SMILES string of the molecule is C=CCN1C(=O)N/C(=C/c2ccc(OCc3ccc(I)cc3)cc2)C1=O. The van der Waals surface area contributed by atoms with Gasteiger partial charge in [-0.3, -0.25) is 9.69 Å². The normalized spacial score (nSPS) is 15.3. The number of nitrogens with zero attached hydrogens (tertiary/aromatic N) is 1. The molecule has 0 aliphatic carbocycles. The van der Waals surface area contributed by atoms with E-state index in [2.05, 4.69) is 34.5 Å². The lowest BCUT2D eigenvalue weighted by molar-refractivity contribution is -0.122. The number of rotatable bonds is 6. The van der Waals surface area contributed by atoms with E-state index in [1.165, 1.54) is 9.65 Å². The molecule has 6 heteroatoms. The lowest BCUT2D eigenvalue weighted by Gasteiger charge is -2.07. The minimum atomic E-state index is -0.432. The van der Waals surface area contributed by atoms with Crippen LogP contribution in [0.1, 0.15) is 11.1 Å². The molecule has 0 unspecified atom stereocenters. The van der Waals surface area contributed by atoms with Crippen LogP contribution in [0.5, 0.6) is 5.75 Å². The van der Waals surface area contributed by atoms with Gasteiger partial charge in [-0.25, -0.2) is 4.79 Å². The molecule has 0 aromatic heterocycles. The summed E-state index contributed by atoms with van der Waals surface area (Å²) >= 11 is 2.26. The molecule has 2 aromatic rings. The Morgan fingerprint density at radius 1 is 1.08 bits per heavy atom. The van der Waals surface area contributed by atoms with Crippen molar-refractivity contribution < 1.29 is 14.3 Å². The quantitative estimate of drug-likeness (QED) is 0.308. The Labute approximate surface area is 165 Å². The van der Waals surface area contributed by atoms with Gasteiger partial charge in [0.05, 0.1) is 0 Å². The highest BCUT2D eigenvalue weighted by Crippen LogP contribution is 2.18. The molecule has 1 aliphatic heterocycles.